The van der Waals surface area contributed by atoms with E-state index in [1.165, 1.54) is 11.1 Å². The largest absolute Gasteiger partial charge is 0.329 e. The Hall–Kier alpha value is -1.12. The Morgan fingerprint density at radius 2 is 1.75 bits per heavy atom. The Morgan fingerprint density at radius 1 is 1.10 bits per heavy atom. The summed E-state index contributed by atoms with van der Waals surface area (Å²) in [6.07, 6.45) is 7.04. The first-order valence-electron chi connectivity index (χ1n) is 7.50. The van der Waals surface area contributed by atoms with Crippen molar-refractivity contribution >= 4 is 8.24 Å². The molecule has 2 heteroatoms. The fourth-order valence-electron chi connectivity index (χ4n) is 2.99. The Morgan fingerprint density at radius 3 is 2.35 bits per heavy atom. The molecule has 1 aromatic carbocycles. The molecule has 1 nitrogen and oxygen atoms in total. The zero-order valence-corrected chi connectivity index (χ0v) is 14.5. The van der Waals surface area contributed by atoms with Crippen LogP contribution >= 0.6 is 0 Å². The van der Waals surface area contributed by atoms with E-state index in [0.717, 1.165) is 12.8 Å². The van der Waals surface area contributed by atoms with Gasteiger partial charge in [-0.05, 0) is 44.7 Å². The van der Waals surface area contributed by atoms with E-state index < -0.39 is 8.24 Å². The van der Waals surface area contributed by atoms with Crippen LogP contribution < -0.4 is 4.98 Å². The molecule has 1 aromatic rings. The van der Waals surface area contributed by atoms with Crippen molar-refractivity contribution in [1.82, 2.24) is 4.98 Å². The van der Waals surface area contributed by atoms with Gasteiger partial charge in [-0.25, -0.2) is 0 Å². The number of hydrogen-bond donors (Lipinski definition) is 1. The van der Waals surface area contributed by atoms with Crippen LogP contribution in [0.4, 0.5) is 0 Å². The van der Waals surface area contributed by atoms with E-state index >= 15 is 0 Å². The van der Waals surface area contributed by atoms with Crippen molar-refractivity contribution < 1.29 is 0 Å². The van der Waals surface area contributed by atoms with Gasteiger partial charge in [0.05, 0.1) is 0 Å². The molecule has 0 heterocycles. The second-order valence-electron chi connectivity index (χ2n) is 7.32. The first-order valence-corrected chi connectivity index (χ1v) is 10.5. The van der Waals surface area contributed by atoms with E-state index in [9.17, 15) is 0 Å². The van der Waals surface area contributed by atoms with Crippen LogP contribution in [0, 0.1) is 0 Å². The Kier molecular flexibility index (Phi) is 4.36. The molecule has 1 aliphatic carbocycles. The van der Waals surface area contributed by atoms with Crippen molar-refractivity contribution in [3.05, 3.63) is 58.8 Å². The van der Waals surface area contributed by atoms with Gasteiger partial charge in [0.25, 0.3) is 0 Å². The fraction of sp³-hybridized carbons (Fsp3) is 0.444. The van der Waals surface area contributed by atoms with Crippen molar-refractivity contribution in [1.29, 1.82) is 0 Å². The highest BCUT2D eigenvalue weighted by molar-refractivity contribution is 6.82. The molecule has 0 saturated carbocycles. The average Bonchev–Trinajstić information content (AvgIpc) is 2.76. The van der Waals surface area contributed by atoms with Crippen molar-refractivity contribution in [3.8, 4) is 0 Å². The van der Waals surface area contributed by atoms with E-state index in [4.69, 9.17) is 0 Å². The normalized spacial score (nSPS) is 16.1. The summed E-state index contributed by atoms with van der Waals surface area (Å²) < 4.78 is 0. The molecule has 0 fully saturated rings. The third kappa shape index (κ3) is 4.19. The molecule has 0 spiro atoms. The van der Waals surface area contributed by atoms with E-state index in [0.29, 0.717) is 0 Å². The average molecular weight is 286 g/mol. The van der Waals surface area contributed by atoms with Crippen molar-refractivity contribution in [3.63, 3.8) is 0 Å². The molecule has 1 N–H and O–H groups in total. The van der Waals surface area contributed by atoms with Crippen molar-refractivity contribution in [2.24, 2.45) is 0 Å². The predicted molar refractivity (Wildman–Crippen MR) is 91.3 cm³/mol. The fourth-order valence-corrected chi connectivity index (χ4v) is 6.18. The van der Waals surface area contributed by atoms with Crippen LogP contribution in [-0.2, 0) is 6.42 Å². The highest BCUT2D eigenvalue weighted by Gasteiger charge is 2.31. The van der Waals surface area contributed by atoms with E-state index in [1.54, 1.807) is 5.20 Å². The number of benzene rings is 1. The molecule has 0 unspecified atom stereocenters. The van der Waals surface area contributed by atoms with Crippen LogP contribution in [0.15, 0.2) is 53.3 Å². The lowest BCUT2D eigenvalue weighted by molar-refractivity contribution is 0.513. The van der Waals surface area contributed by atoms with Crippen LogP contribution in [0.3, 0.4) is 0 Å². The van der Waals surface area contributed by atoms with E-state index in [1.807, 2.05) is 0 Å². The molecule has 0 atom stereocenters. The topological polar surface area (TPSA) is 12.0 Å². The van der Waals surface area contributed by atoms with Gasteiger partial charge in [0.1, 0.15) is 8.24 Å². The second kappa shape index (κ2) is 5.70. The highest BCUT2D eigenvalue weighted by atomic mass is 28.3. The van der Waals surface area contributed by atoms with Gasteiger partial charge in [-0.2, -0.15) is 0 Å². The zero-order valence-electron chi connectivity index (χ0n) is 13.5. The predicted octanol–water partition coefficient (Wildman–Crippen LogP) is 4.62. The smallest absolute Gasteiger partial charge is 0.148 e. The Balaban J connectivity index is 2.05. The SMILES string of the molecule is CC(C)(C)N[Si](C)(C)C1=CC(Cc2ccccc2)=CC1. The standard InChI is InChI=1S/C18H27NSi/c1-18(2,3)19-20(4,5)17-12-11-16(14-17)13-15-9-7-6-8-10-15/h6-11,14,19H,12-13H2,1-5H3. The lowest BCUT2D eigenvalue weighted by atomic mass is 10.1. The molecule has 2 rings (SSSR count). The van der Waals surface area contributed by atoms with Gasteiger partial charge in [0.2, 0.25) is 0 Å². The summed E-state index contributed by atoms with van der Waals surface area (Å²) in [7, 11) is -1.51. The summed E-state index contributed by atoms with van der Waals surface area (Å²) in [4.78, 5) is 3.86. The van der Waals surface area contributed by atoms with Crippen LogP contribution in [0.1, 0.15) is 32.8 Å². The molecule has 1 aliphatic rings. The van der Waals surface area contributed by atoms with Crippen LogP contribution in [0.25, 0.3) is 0 Å². The number of hydrogen-bond acceptors (Lipinski definition) is 1. The van der Waals surface area contributed by atoms with E-state index in [2.05, 4.69) is 81.3 Å². The zero-order chi connectivity index (χ0) is 14.8. The quantitative estimate of drug-likeness (QED) is 0.796. The summed E-state index contributed by atoms with van der Waals surface area (Å²) in [5, 5.41) is 1.62. The molecule has 0 amide bonds. The second-order valence-corrected chi connectivity index (χ2v) is 11.5. The number of nitrogens with one attached hydrogen (secondary N) is 1. The summed E-state index contributed by atoms with van der Waals surface area (Å²) >= 11 is 0. The summed E-state index contributed by atoms with van der Waals surface area (Å²) in [5.74, 6) is 0. The third-order valence-corrected chi connectivity index (χ3v) is 7.01. The maximum Gasteiger partial charge on any atom is 0.148 e. The van der Waals surface area contributed by atoms with Crippen molar-refractivity contribution in [2.75, 3.05) is 0 Å². The summed E-state index contributed by atoms with van der Waals surface area (Å²) in [6.45, 7) is 11.6. The molecular weight excluding hydrogens is 258 g/mol. The Labute approximate surface area is 124 Å². The summed E-state index contributed by atoms with van der Waals surface area (Å²) in [6, 6.07) is 10.7. The van der Waals surface area contributed by atoms with Crippen molar-refractivity contribution in [2.45, 2.75) is 52.2 Å². The van der Waals surface area contributed by atoms with Gasteiger partial charge in [0.15, 0.2) is 0 Å². The monoisotopic (exact) mass is 285 g/mol. The molecular formula is C18H27NSi. The maximum absolute atomic E-state index is 3.86. The van der Waals surface area contributed by atoms with Gasteiger partial charge in [-0.1, -0.05) is 60.8 Å². The summed E-state index contributed by atoms with van der Waals surface area (Å²) in [5.41, 5.74) is 3.07. The first kappa shape index (κ1) is 15.3. The molecule has 0 saturated heterocycles. The van der Waals surface area contributed by atoms with Crippen LogP contribution in [0.2, 0.25) is 13.1 Å². The molecule has 0 radical (unpaired) electrons. The molecule has 108 valence electrons. The molecule has 0 bridgehead atoms. The van der Waals surface area contributed by atoms with Crippen LogP contribution in [-0.4, -0.2) is 13.8 Å². The maximum atomic E-state index is 3.86. The lowest BCUT2D eigenvalue weighted by Gasteiger charge is -2.34. The van der Waals surface area contributed by atoms with E-state index in [-0.39, 0.29) is 5.54 Å². The third-order valence-electron chi connectivity index (χ3n) is 3.69. The lowest BCUT2D eigenvalue weighted by Crippen LogP contribution is -2.55. The van der Waals surface area contributed by atoms with Gasteiger partial charge in [-0.15, -0.1) is 0 Å². The molecule has 0 aromatic heterocycles. The highest BCUT2D eigenvalue weighted by Crippen LogP contribution is 2.28. The minimum absolute atomic E-state index is 0.193. The van der Waals surface area contributed by atoms with Crippen LogP contribution in [0.5, 0.6) is 0 Å². The molecule has 20 heavy (non-hydrogen) atoms. The van der Waals surface area contributed by atoms with Gasteiger partial charge in [-0.3, -0.25) is 0 Å². The first-order chi connectivity index (χ1) is 9.26. The van der Waals surface area contributed by atoms with Gasteiger partial charge < -0.3 is 4.98 Å². The minimum Gasteiger partial charge on any atom is -0.329 e. The van der Waals surface area contributed by atoms with Gasteiger partial charge >= 0.3 is 0 Å². The number of allylic oxidation sites excluding steroid dienone is 4. The van der Waals surface area contributed by atoms with Gasteiger partial charge in [0, 0.05) is 5.54 Å². The number of rotatable bonds is 4. The minimum atomic E-state index is -1.51. The molecule has 0 aliphatic heterocycles. The Bertz CT molecular complexity index is 518.